The maximum Gasteiger partial charge on any atom is 0.0655 e. The second kappa shape index (κ2) is 13.5. The van der Waals surface area contributed by atoms with Gasteiger partial charge in [-0.15, -0.1) is 11.3 Å². The number of para-hydroxylation sites is 2. The van der Waals surface area contributed by atoms with E-state index in [2.05, 4.69) is 235 Å². The zero-order valence-electron chi connectivity index (χ0n) is 34.2. The maximum atomic E-state index is 2.59. The largest absolute Gasteiger partial charge is 0.333 e. The van der Waals surface area contributed by atoms with E-state index < -0.39 is 0 Å². The minimum Gasteiger partial charge on any atom is -0.333 e. The molecule has 9 aromatic carbocycles. The maximum absolute atomic E-state index is 2.59. The summed E-state index contributed by atoms with van der Waals surface area (Å²) in [5.74, 6) is 0. The molecule has 0 radical (unpaired) electrons. The van der Waals surface area contributed by atoms with Gasteiger partial charge in [-0.2, -0.15) is 0 Å². The monoisotopic (exact) mass is 808 g/mol. The van der Waals surface area contributed by atoms with Gasteiger partial charge in [0.1, 0.15) is 0 Å². The highest BCUT2D eigenvalue weighted by Crippen LogP contribution is 2.54. The van der Waals surface area contributed by atoms with E-state index in [1.54, 1.807) is 0 Å². The molecule has 0 spiro atoms. The molecule has 1 aliphatic heterocycles. The minimum absolute atomic E-state index is 0.0972. The molecule has 2 aromatic heterocycles. The van der Waals surface area contributed by atoms with Crippen LogP contribution in [0.5, 0.6) is 0 Å². The molecule has 292 valence electrons. The molecule has 62 heavy (non-hydrogen) atoms. The van der Waals surface area contributed by atoms with Crippen LogP contribution in [0.15, 0.2) is 218 Å². The van der Waals surface area contributed by atoms with E-state index in [-0.39, 0.29) is 11.5 Å². The van der Waals surface area contributed by atoms with E-state index in [4.69, 9.17) is 0 Å². The van der Waals surface area contributed by atoms with Gasteiger partial charge >= 0.3 is 0 Å². The molecule has 1 aliphatic carbocycles. The molecular weight excluding hydrogens is 769 g/mol. The van der Waals surface area contributed by atoms with Gasteiger partial charge in [0.25, 0.3) is 0 Å². The predicted molar refractivity (Wildman–Crippen MR) is 265 cm³/mol. The fraction of sp³-hybridized carbons (Fsp3) is 0.0508. The average Bonchev–Trinajstić information content (AvgIpc) is 3.97. The summed E-state index contributed by atoms with van der Waals surface area (Å²) in [5, 5.41) is 7.73. The summed E-state index contributed by atoms with van der Waals surface area (Å²) >= 11 is 1.90. The summed E-state index contributed by atoms with van der Waals surface area (Å²) in [6, 6.07) is 74.1. The van der Waals surface area contributed by atoms with Crippen LogP contribution in [0.3, 0.4) is 0 Å². The first-order valence-electron chi connectivity index (χ1n) is 21.5. The van der Waals surface area contributed by atoms with Gasteiger partial charge in [0.15, 0.2) is 0 Å². The van der Waals surface area contributed by atoms with Crippen LogP contribution in [0.25, 0.3) is 86.3 Å². The second-order valence-electron chi connectivity index (χ2n) is 17.1. The zero-order valence-corrected chi connectivity index (χ0v) is 35.0. The molecule has 3 heteroatoms. The smallest absolute Gasteiger partial charge is 0.0655 e. The molecule has 0 saturated heterocycles. The van der Waals surface area contributed by atoms with Crippen molar-refractivity contribution in [2.45, 2.75) is 18.4 Å². The number of hydrogen-bond donors (Lipinski definition) is 0. The van der Waals surface area contributed by atoms with Crippen molar-refractivity contribution in [1.29, 1.82) is 0 Å². The van der Waals surface area contributed by atoms with Crippen molar-refractivity contribution in [3.05, 3.63) is 230 Å². The number of rotatable bonds is 5. The first-order chi connectivity index (χ1) is 30.6. The first kappa shape index (κ1) is 35.3. The number of benzene rings is 9. The number of hydrogen-bond acceptors (Lipinski definition) is 2. The van der Waals surface area contributed by atoms with E-state index >= 15 is 0 Å². The number of allylic oxidation sites excluding steroid dienone is 2. The summed E-state index contributed by atoms with van der Waals surface area (Å²) in [4.78, 5) is 2.59. The Labute approximate surface area is 364 Å². The van der Waals surface area contributed by atoms with Gasteiger partial charge in [0.2, 0.25) is 0 Å². The highest BCUT2D eigenvalue weighted by atomic mass is 32.1. The van der Waals surface area contributed by atoms with Crippen LogP contribution in [-0.2, 0) is 5.41 Å². The molecule has 2 nitrogen and oxygen atoms in total. The summed E-state index contributed by atoms with van der Waals surface area (Å²) in [5.41, 5.74) is 14.6. The summed E-state index contributed by atoms with van der Waals surface area (Å²) in [7, 11) is 0. The molecule has 2 atom stereocenters. The van der Waals surface area contributed by atoms with E-state index in [0.29, 0.717) is 0 Å². The molecule has 13 rings (SSSR count). The zero-order chi connectivity index (χ0) is 40.9. The van der Waals surface area contributed by atoms with Crippen LogP contribution in [0.2, 0.25) is 0 Å². The number of fused-ring (bicyclic) bond motifs is 10. The van der Waals surface area contributed by atoms with Crippen molar-refractivity contribution in [2.75, 3.05) is 4.90 Å². The summed E-state index contributed by atoms with van der Waals surface area (Å²) < 4.78 is 5.06. The first-order valence-corrected chi connectivity index (χ1v) is 22.3. The van der Waals surface area contributed by atoms with Crippen LogP contribution in [0.4, 0.5) is 11.4 Å². The van der Waals surface area contributed by atoms with E-state index in [9.17, 15) is 0 Å². The minimum atomic E-state index is -0.274. The van der Waals surface area contributed by atoms with Crippen molar-refractivity contribution in [3.8, 4) is 27.9 Å². The van der Waals surface area contributed by atoms with Crippen molar-refractivity contribution in [3.63, 3.8) is 0 Å². The molecule has 0 fully saturated rings. The molecule has 2 aliphatic rings. The molecule has 0 bridgehead atoms. The van der Waals surface area contributed by atoms with Crippen molar-refractivity contribution in [2.24, 2.45) is 0 Å². The van der Waals surface area contributed by atoms with Crippen molar-refractivity contribution < 1.29 is 0 Å². The van der Waals surface area contributed by atoms with Gasteiger partial charge in [-0.25, -0.2) is 0 Å². The van der Waals surface area contributed by atoms with Crippen molar-refractivity contribution >= 4 is 81.0 Å². The molecule has 2 unspecified atom stereocenters. The molecular formula is C59H40N2S. The Morgan fingerprint density at radius 3 is 1.90 bits per heavy atom. The molecule has 0 N–H and O–H groups in total. The predicted octanol–water partition coefficient (Wildman–Crippen LogP) is 16.1. The fourth-order valence-corrected chi connectivity index (χ4v) is 11.8. The second-order valence-corrected chi connectivity index (χ2v) is 18.1. The van der Waals surface area contributed by atoms with Crippen molar-refractivity contribution in [1.82, 2.24) is 4.57 Å². The molecule has 0 saturated carbocycles. The van der Waals surface area contributed by atoms with Gasteiger partial charge in [-0.05, 0) is 111 Å². The lowest BCUT2D eigenvalue weighted by Gasteiger charge is -2.36. The fourth-order valence-electron chi connectivity index (χ4n) is 10.6. The normalized spacial score (nSPS) is 17.0. The van der Waals surface area contributed by atoms with Crippen LogP contribution in [0, 0.1) is 0 Å². The highest BCUT2D eigenvalue weighted by Gasteiger charge is 2.47. The third-order valence-corrected chi connectivity index (χ3v) is 14.8. The quantitative estimate of drug-likeness (QED) is 0.168. The van der Waals surface area contributed by atoms with E-state index in [1.807, 2.05) is 11.3 Å². The van der Waals surface area contributed by atoms with Crippen LogP contribution < -0.4 is 4.90 Å². The Morgan fingerprint density at radius 1 is 0.484 bits per heavy atom. The third-order valence-electron chi connectivity index (χ3n) is 13.6. The number of aromatic nitrogens is 1. The lowest BCUT2D eigenvalue weighted by atomic mass is 9.73. The van der Waals surface area contributed by atoms with Gasteiger partial charge < -0.3 is 9.47 Å². The van der Waals surface area contributed by atoms with Crippen LogP contribution >= 0.6 is 11.3 Å². The van der Waals surface area contributed by atoms with Gasteiger partial charge in [-0.3, -0.25) is 0 Å². The average molecular weight is 809 g/mol. The Balaban J connectivity index is 0.921. The lowest BCUT2D eigenvalue weighted by Crippen LogP contribution is -2.39. The number of nitrogens with zero attached hydrogens (tertiary/aromatic N) is 2. The highest BCUT2D eigenvalue weighted by molar-refractivity contribution is 7.26. The standard InChI is InChI=1S/C59H40N2S/c1-59-37-44(40-25-29-45(30-26-40)60-53-18-7-4-13-48(53)49-14-5-8-19-54(49)60)28-34-57(59)61(46-31-23-39(24-32-46)42-22-21-38-11-2-3-12-41(38)35-42)55-36-43(27-33-52(55)59)47-16-10-17-51-50-15-6-9-20-56(50)62-58(47)51/h2-37,57H,1H3. The van der Waals surface area contributed by atoms with Gasteiger partial charge in [0, 0.05) is 53.4 Å². The van der Waals surface area contributed by atoms with Crippen LogP contribution in [-0.4, -0.2) is 10.6 Å². The van der Waals surface area contributed by atoms with Gasteiger partial charge in [-0.1, -0.05) is 164 Å². The molecule has 0 amide bonds. The Hall–Kier alpha value is -7.46. The van der Waals surface area contributed by atoms with Gasteiger partial charge in [0.05, 0.1) is 17.1 Å². The third kappa shape index (κ3) is 5.28. The Morgan fingerprint density at radius 2 is 1.11 bits per heavy atom. The number of thiophene rings is 1. The van der Waals surface area contributed by atoms with E-state index in [0.717, 1.165) is 0 Å². The van der Waals surface area contributed by atoms with E-state index in [1.165, 1.54) is 109 Å². The topological polar surface area (TPSA) is 8.17 Å². The number of anilines is 2. The Kier molecular flexibility index (Phi) is 7.70. The molecule has 3 heterocycles. The lowest BCUT2D eigenvalue weighted by molar-refractivity contribution is 0.553. The molecule has 11 aromatic rings. The SMILES string of the molecule is CC12C=C(c3ccc(-n4c5ccccc5c5ccccc54)cc3)C=CC1N(c1ccc(-c3ccc4ccccc4c3)cc1)c1cc(-c3cccc4c3sc3ccccc34)ccc12. The Bertz CT molecular complexity index is 3600. The summed E-state index contributed by atoms with van der Waals surface area (Å²) in [6.45, 7) is 2.43. The summed E-state index contributed by atoms with van der Waals surface area (Å²) in [6.07, 6.45) is 7.32. The van der Waals surface area contributed by atoms with Crippen LogP contribution in [0.1, 0.15) is 18.1 Å².